The van der Waals surface area contributed by atoms with Crippen LogP contribution in [0, 0.1) is 0 Å². The maximum atomic E-state index is 11.0. The molecule has 0 radical (unpaired) electrons. The Bertz CT molecular complexity index is 401. The molecule has 1 N–H and O–H groups in total. The quantitative estimate of drug-likeness (QED) is 0.194. The third kappa shape index (κ3) is 20.6. The SMILES string of the molecule is CCC(O)CCCCCCCCCCCCCCCC(CC)S(=O)(=O)[O-].[K+]. The van der Waals surface area contributed by atoms with Crippen LogP contribution in [0.2, 0.25) is 0 Å². The van der Waals surface area contributed by atoms with Gasteiger partial charge in [0.25, 0.3) is 0 Å². The van der Waals surface area contributed by atoms with Crippen LogP contribution in [0.3, 0.4) is 0 Å². The fourth-order valence-corrected chi connectivity index (χ4v) is 4.32. The van der Waals surface area contributed by atoms with Gasteiger partial charge in [0.1, 0.15) is 0 Å². The van der Waals surface area contributed by atoms with E-state index in [0.717, 1.165) is 38.5 Å². The zero-order chi connectivity index (χ0) is 19.7. The van der Waals surface area contributed by atoms with Gasteiger partial charge in [-0.25, -0.2) is 8.42 Å². The molecule has 0 aliphatic rings. The Kier molecular flexibility index (Phi) is 23.6. The molecule has 0 rings (SSSR count). The Morgan fingerprint density at radius 2 is 1.00 bits per heavy atom. The second-order valence-electron chi connectivity index (χ2n) is 7.76. The van der Waals surface area contributed by atoms with Crippen LogP contribution in [-0.2, 0) is 10.1 Å². The van der Waals surface area contributed by atoms with Gasteiger partial charge in [0.15, 0.2) is 0 Å². The first kappa shape index (κ1) is 30.7. The molecule has 0 amide bonds. The Morgan fingerprint density at radius 1 is 0.667 bits per heavy atom. The van der Waals surface area contributed by atoms with Crippen molar-refractivity contribution in [2.75, 3.05) is 0 Å². The van der Waals surface area contributed by atoms with Crippen molar-refractivity contribution in [3.63, 3.8) is 0 Å². The van der Waals surface area contributed by atoms with E-state index in [-0.39, 0.29) is 57.5 Å². The third-order valence-electron chi connectivity index (χ3n) is 5.40. The van der Waals surface area contributed by atoms with Gasteiger partial charge < -0.3 is 9.66 Å². The summed E-state index contributed by atoms with van der Waals surface area (Å²) in [6.45, 7) is 3.81. The van der Waals surface area contributed by atoms with Gasteiger partial charge in [-0.15, -0.1) is 0 Å². The van der Waals surface area contributed by atoms with E-state index < -0.39 is 15.4 Å². The molecule has 0 aromatic heterocycles. The minimum absolute atomic E-state index is 0. The van der Waals surface area contributed by atoms with Crippen LogP contribution in [-0.4, -0.2) is 29.4 Å². The van der Waals surface area contributed by atoms with Crippen LogP contribution in [0.15, 0.2) is 0 Å². The van der Waals surface area contributed by atoms with Gasteiger partial charge in [0.05, 0.1) is 16.2 Å². The van der Waals surface area contributed by atoms with Gasteiger partial charge in [0, 0.05) is 5.25 Å². The Morgan fingerprint density at radius 3 is 1.30 bits per heavy atom. The average molecular weight is 431 g/mol. The van der Waals surface area contributed by atoms with Crippen molar-refractivity contribution in [2.24, 2.45) is 0 Å². The average Bonchev–Trinajstić information content (AvgIpc) is 2.60. The molecular weight excluding hydrogens is 387 g/mol. The van der Waals surface area contributed by atoms with Crippen molar-refractivity contribution in [2.45, 2.75) is 134 Å². The van der Waals surface area contributed by atoms with E-state index >= 15 is 0 Å². The minimum Gasteiger partial charge on any atom is -0.748 e. The van der Waals surface area contributed by atoms with E-state index in [4.69, 9.17) is 0 Å². The molecule has 158 valence electrons. The molecule has 0 heterocycles. The topological polar surface area (TPSA) is 77.4 Å². The summed E-state index contributed by atoms with van der Waals surface area (Å²) in [4.78, 5) is 0. The molecule has 6 heteroatoms. The first-order chi connectivity index (χ1) is 12.4. The third-order valence-corrected chi connectivity index (χ3v) is 6.78. The van der Waals surface area contributed by atoms with Crippen LogP contribution in [0.25, 0.3) is 0 Å². The van der Waals surface area contributed by atoms with E-state index in [0.29, 0.717) is 12.8 Å². The number of hydrogen-bond acceptors (Lipinski definition) is 4. The monoisotopic (exact) mass is 430 g/mol. The molecule has 27 heavy (non-hydrogen) atoms. The molecule has 0 aliphatic carbocycles. The van der Waals surface area contributed by atoms with Gasteiger partial charge in [-0.2, -0.15) is 0 Å². The van der Waals surface area contributed by atoms with Gasteiger partial charge in [-0.1, -0.05) is 97.3 Å². The molecule has 0 aromatic carbocycles. The molecule has 0 fully saturated rings. The summed E-state index contributed by atoms with van der Waals surface area (Å²) in [5.74, 6) is 0. The van der Waals surface area contributed by atoms with Gasteiger partial charge in [-0.3, -0.25) is 0 Å². The van der Waals surface area contributed by atoms with Crippen LogP contribution >= 0.6 is 0 Å². The zero-order valence-electron chi connectivity index (χ0n) is 18.3. The zero-order valence-corrected chi connectivity index (χ0v) is 22.2. The predicted molar refractivity (Wildman–Crippen MR) is 109 cm³/mol. The molecule has 2 unspecified atom stereocenters. The largest absolute Gasteiger partial charge is 1.00 e. The predicted octanol–water partition coefficient (Wildman–Crippen LogP) is 2.94. The van der Waals surface area contributed by atoms with Crippen LogP contribution < -0.4 is 51.4 Å². The maximum absolute atomic E-state index is 11.0. The molecule has 0 saturated heterocycles. The molecule has 0 bridgehead atoms. The molecule has 0 saturated carbocycles. The van der Waals surface area contributed by atoms with E-state index in [1.807, 2.05) is 6.92 Å². The summed E-state index contributed by atoms with van der Waals surface area (Å²) in [6.07, 6.45) is 18.6. The van der Waals surface area contributed by atoms with Gasteiger partial charge in [0.2, 0.25) is 0 Å². The van der Waals surface area contributed by atoms with E-state index in [9.17, 15) is 18.1 Å². The molecule has 2 atom stereocenters. The molecular formula is C21H43KO4S. The summed E-state index contributed by atoms with van der Waals surface area (Å²) in [6, 6.07) is 0. The number of hydrogen-bond donors (Lipinski definition) is 1. The van der Waals surface area contributed by atoms with Crippen molar-refractivity contribution in [1.82, 2.24) is 0 Å². The van der Waals surface area contributed by atoms with Crippen molar-refractivity contribution >= 4 is 10.1 Å². The summed E-state index contributed by atoms with van der Waals surface area (Å²) in [5, 5.41) is 8.80. The fourth-order valence-electron chi connectivity index (χ4n) is 3.45. The Hall–Kier alpha value is 1.51. The Balaban J connectivity index is 0. The fraction of sp³-hybridized carbons (Fsp3) is 1.00. The van der Waals surface area contributed by atoms with Crippen LogP contribution in [0.5, 0.6) is 0 Å². The van der Waals surface area contributed by atoms with Gasteiger partial charge in [-0.05, 0) is 25.7 Å². The van der Waals surface area contributed by atoms with Crippen LogP contribution in [0.4, 0.5) is 0 Å². The van der Waals surface area contributed by atoms with E-state index in [1.54, 1.807) is 6.92 Å². The first-order valence-corrected chi connectivity index (χ1v) is 12.5. The summed E-state index contributed by atoms with van der Waals surface area (Å²) < 4.78 is 33.0. The van der Waals surface area contributed by atoms with Crippen molar-refractivity contribution < 1.29 is 69.5 Å². The Labute approximate surface area is 211 Å². The van der Waals surface area contributed by atoms with Gasteiger partial charge >= 0.3 is 51.4 Å². The minimum atomic E-state index is -4.10. The molecule has 0 spiro atoms. The molecule has 0 aliphatic heterocycles. The van der Waals surface area contributed by atoms with Crippen molar-refractivity contribution in [1.29, 1.82) is 0 Å². The van der Waals surface area contributed by atoms with Crippen molar-refractivity contribution in [3.8, 4) is 0 Å². The number of rotatable bonds is 19. The van der Waals surface area contributed by atoms with Crippen molar-refractivity contribution in [3.05, 3.63) is 0 Å². The number of aliphatic hydroxyl groups excluding tert-OH is 1. The summed E-state index contributed by atoms with van der Waals surface area (Å²) >= 11 is 0. The second-order valence-corrected chi connectivity index (χ2v) is 9.41. The molecule has 0 aromatic rings. The van der Waals surface area contributed by atoms with Crippen LogP contribution in [0.1, 0.15) is 123 Å². The maximum Gasteiger partial charge on any atom is 1.00 e. The number of aliphatic hydroxyl groups is 1. The van der Waals surface area contributed by atoms with E-state index in [2.05, 4.69) is 0 Å². The number of unbranched alkanes of at least 4 members (excludes halogenated alkanes) is 12. The standard InChI is InChI=1S/C21H44O4S.K/c1-3-20(22)18-16-14-12-10-8-6-5-7-9-11-13-15-17-19-21(4-2)26(23,24)25;/h20-22H,3-19H2,1-2H3,(H,23,24,25);/q;+1/p-1. The normalized spacial score (nSPS) is 13.9. The first-order valence-electron chi connectivity index (χ1n) is 11.0. The second kappa shape index (κ2) is 20.8. The summed E-state index contributed by atoms with van der Waals surface area (Å²) in [7, 11) is -4.10. The summed E-state index contributed by atoms with van der Waals surface area (Å²) in [5.41, 5.74) is 0. The smallest absolute Gasteiger partial charge is 0.748 e. The van der Waals surface area contributed by atoms with E-state index in [1.165, 1.54) is 57.8 Å². The molecule has 4 nitrogen and oxygen atoms in total.